The standard InChI is InChI=1S/C12H11N3O2/c1-16-9-3-4-11(17-2)10(5-9)12-14-7-8(6-13)15-12/h3-5,7H,1-2H3,(H,14,15). The van der Waals surface area contributed by atoms with Crippen molar-refractivity contribution < 1.29 is 9.47 Å². The fraction of sp³-hybridized carbons (Fsp3) is 0.167. The summed E-state index contributed by atoms with van der Waals surface area (Å²) in [7, 11) is 3.17. The Balaban J connectivity index is 2.52. The van der Waals surface area contributed by atoms with Crippen LogP contribution in [0.2, 0.25) is 0 Å². The van der Waals surface area contributed by atoms with Gasteiger partial charge in [0.1, 0.15) is 29.1 Å². The van der Waals surface area contributed by atoms with Gasteiger partial charge in [-0.1, -0.05) is 0 Å². The van der Waals surface area contributed by atoms with E-state index in [2.05, 4.69) is 9.97 Å². The Labute approximate surface area is 98.6 Å². The second kappa shape index (κ2) is 4.58. The summed E-state index contributed by atoms with van der Waals surface area (Å²) in [4.78, 5) is 7.03. The fourth-order valence-corrected chi connectivity index (χ4v) is 1.51. The molecule has 0 spiro atoms. The maximum Gasteiger partial charge on any atom is 0.142 e. The molecular formula is C12H11N3O2. The minimum atomic E-state index is 0.407. The van der Waals surface area contributed by atoms with Crippen LogP contribution in [0.5, 0.6) is 11.5 Å². The van der Waals surface area contributed by atoms with Crippen molar-refractivity contribution >= 4 is 0 Å². The highest BCUT2D eigenvalue weighted by molar-refractivity contribution is 5.66. The van der Waals surface area contributed by atoms with E-state index in [1.165, 1.54) is 6.20 Å². The molecule has 0 bridgehead atoms. The molecule has 0 radical (unpaired) electrons. The molecule has 0 fully saturated rings. The molecule has 1 aromatic heterocycles. The van der Waals surface area contributed by atoms with Gasteiger partial charge in [0.2, 0.25) is 0 Å². The van der Waals surface area contributed by atoms with E-state index in [1.807, 2.05) is 6.07 Å². The fourth-order valence-electron chi connectivity index (χ4n) is 1.51. The van der Waals surface area contributed by atoms with Crippen LogP contribution < -0.4 is 9.47 Å². The number of ether oxygens (including phenoxy) is 2. The number of nitrogens with one attached hydrogen (secondary N) is 1. The number of nitriles is 1. The van der Waals surface area contributed by atoms with Crippen LogP contribution in [0.3, 0.4) is 0 Å². The van der Waals surface area contributed by atoms with Gasteiger partial charge in [-0.3, -0.25) is 0 Å². The average molecular weight is 229 g/mol. The molecule has 0 aliphatic rings. The lowest BCUT2D eigenvalue weighted by Crippen LogP contribution is -1.91. The van der Waals surface area contributed by atoms with E-state index < -0.39 is 0 Å². The van der Waals surface area contributed by atoms with Gasteiger partial charge >= 0.3 is 0 Å². The first-order chi connectivity index (χ1) is 8.28. The molecular weight excluding hydrogens is 218 g/mol. The van der Waals surface area contributed by atoms with Crippen LogP contribution in [0.1, 0.15) is 5.69 Å². The van der Waals surface area contributed by atoms with Crippen LogP contribution in [0, 0.1) is 11.3 Å². The Kier molecular flexibility index (Phi) is 2.97. The van der Waals surface area contributed by atoms with E-state index in [-0.39, 0.29) is 0 Å². The van der Waals surface area contributed by atoms with Crippen LogP contribution in [0.25, 0.3) is 11.4 Å². The van der Waals surface area contributed by atoms with Crippen LogP contribution >= 0.6 is 0 Å². The van der Waals surface area contributed by atoms with Crippen molar-refractivity contribution in [1.82, 2.24) is 9.97 Å². The lowest BCUT2D eigenvalue weighted by molar-refractivity contribution is 0.404. The van der Waals surface area contributed by atoms with E-state index >= 15 is 0 Å². The van der Waals surface area contributed by atoms with E-state index in [1.54, 1.807) is 32.4 Å². The Hall–Kier alpha value is -2.48. The number of methoxy groups -OCH3 is 2. The van der Waals surface area contributed by atoms with Crippen molar-refractivity contribution in [2.24, 2.45) is 0 Å². The zero-order valence-corrected chi connectivity index (χ0v) is 9.52. The lowest BCUT2D eigenvalue weighted by Gasteiger charge is -2.08. The van der Waals surface area contributed by atoms with Gasteiger partial charge in [0.15, 0.2) is 0 Å². The summed E-state index contributed by atoms with van der Waals surface area (Å²) in [6.45, 7) is 0. The normalized spacial score (nSPS) is 9.71. The SMILES string of the molecule is COc1ccc(OC)c(-c2ncc(C#N)[nH]2)c1. The highest BCUT2D eigenvalue weighted by Gasteiger charge is 2.10. The Morgan fingerprint density at radius 1 is 1.29 bits per heavy atom. The number of H-pyrrole nitrogens is 1. The molecule has 1 aromatic carbocycles. The Morgan fingerprint density at radius 3 is 2.71 bits per heavy atom. The summed E-state index contributed by atoms with van der Waals surface area (Å²) in [5.74, 6) is 1.96. The largest absolute Gasteiger partial charge is 0.497 e. The molecule has 0 saturated carbocycles. The molecule has 86 valence electrons. The molecule has 2 rings (SSSR count). The van der Waals surface area contributed by atoms with Gasteiger partial charge < -0.3 is 14.5 Å². The van der Waals surface area contributed by atoms with E-state index in [9.17, 15) is 0 Å². The summed E-state index contributed by atoms with van der Waals surface area (Å²) >= 11 is 0. The quantitative estimate of drug-likeness (QED) is 0.873. The van der Waals surface area contributed by atoms with Gasteiger partial charge in [-0.05, 0) is 18.2 Å². The first-order valence-electron chi connectivity index (χ1n) is 4.96. The molecule has 0 unspecified atom stereocenters. The molecule has 0 saturated heterocycles. The van der Waals surface area contributed by atoms with Crippen molar-refractivity contribution in [3.8, 4) is 29.0 Å². The predicted octanol–water partition coefficient (Wildman–Crippen LogP) is 1.97. The van der Waals surface area contributed by atoms with E-state index in [0.717, 1.165) is 5.56 Å². The van der Waals surface area contributed by atoms with E-state index in [4.69, 9.17) is 14.7 Å². The Morgan fingerprint density at radius 2 is 2.12 bits per heavy atom. The summed E-state index contributed by atoms with van der Waals surface area (Å²) < 4.78 is 10.4. The molecule has 0 aliphatic heterocycles. The van der Waals surface area contributed by atoms with Gasteiger partial charge in [0.25, 0.3) is 0 Å². The summed E-state index contributed by atoms with van der Waals surface area (Å²) in [5, 5.41) is 8.75. The van der Waals surface area contributed by atoms with Crippen molar-refractivity contribution in [1.29, 1.82) is 5.26 Å². The number of benzene rings is 1. The molecule has 0 aliphatic carbocycles. The van der Waals surface area contributed by atoms with Crippen molar-refractivity contribution in [2.75, 3.05) is 14.2 Å². The smallest absolute Gasteiger partial charge is 0.142 e. The second-order valence-corrected chi connectivity index (χ2v) is 3.32. The zero-order chi connectivity index (χ0) is 12.3. The first-order valence-corrected chi connectivity index (χ1v) is 4.96. The number of aromatic amines is 1. The maximum absolute atomic E-state index is 8.75. The van der Waals surface area contributed by atoms with Gasteiger partial charge in [-0.15, -0.1) is 0 Å². The predicted molar refractivity (Wildman–Crippen MR) is 61.8 cm³/mol. The minimum absolute atomic E-state index is 0.407. The highest BCUT2D eigenvalue weighted by atomic mass is 16.5. The third-order valence-electron chi connectivity index (χ3n) is 2.36. The van der Waals surface area contributed by atoms with Crippen molar-refractivity contribution in [2.45, 2.75) is 0 Å². The number of rotatable bonds is 3. The molecule has 1 N–H and O–H groups in total. The molecule has 5 nitrogen and oxygen atoms in total. The van der Waals surface area contributed by atoms with E-state index in [0.29, 0.717) is 23.0 Å². The monoisotopic (exact) mass is 229 g/mol. The topological polar surface area (TPSA) is 70.9 Å². The summed E-state index contributed by atoms with van der Waals surface area (Å²) in [6, 6.07) is 7.39. The minimum Gasteiger partial charge on any atom is -0.497 e. The van der Waals surface area contributed by atoms with Crippen LogP contribution in [-0.2, 0) is 0 Å². The summed E-state index contributed by atoms with van der Waals surface area (Å²) in [6.07, 6.45) is 1.48. The molecule has 0 atom stereocenters. The molecule has 2 aromatic rings. The Bertz CT molecular complexity index is 569. The van der Waals surface area contributed by atoms with Crippen molar-refractivity contribution in [3.05, 3.63) is 30.1 Å². The number of hydrogen-bond acceptors (Lipinski definition) is 4. The average Bonchev–Trinajstić information content (AvgIpc) is 2.86. The third kappa shape index (κ3) is 2.06. The van der Waals surface area contributed by atoms with Gasteiger partial charge in [-0.25, -0.2) is 4.98 Å². The first kappa shape index (κ1) is 11.0. The number of hydrogen-bond donors (Lipinski definition) is 1. The number of aromatic nitrogens is 2. The van der Waals surface area contributed by atoms with Crippen LogP contribution in [0.4, 0.5) is 0 Å². The maximum atomic E-state index is 8.75. The lowest BCUT2D eigenvalue weighted by atomic mass is 10.2. The third-order valence-corrected chi connectivity index (χ3v) is 2.36. The van der Waals surface area contributed by atoms with Gasteiger partial charge in [0.05, 0.1) is 26.0 Å². The zero-order valence-electron chi connectivity index (χ0n) is 9.52. The van der Waals surface area contributed by atoms with Gasteiger partial charge in [-0.2, -0.15) is 5.26 Å². The molecule has 0 amide bonds. The van der Waals surface area contributed by atoms with Gasteiger partial charge in [0, 0.05) is 0 Å². The van der Waals surface area contributed by atoms with Crippen molar-refractivity contribution in [3.63, 3.8) is 0 Å². The van der Waals surface area contributed by atoms with Crippen LogP contribution in [-0.4, -0.2) is 24.2 Å². The number of imidazole rings is 1. The molecule has 17 heavy (non-hydrogen) atoms. The second-order valence-electron chi connectivity index (χ2n) is 3.32. The molecule has 1 heterocycles. The highest BCUT2D eigenvalue weighted by Crippen LogP contribution is 2.31. The molecule has 5 heteroatoms. The van der Waals surface area contributed by atoms with Crippen LogP contribution in [0.15, 0.2) is 24.4 Å². The number of nitrogens with zero attached hydrogens (tertiary/aromatic N) is 2. The summed E-state index contributed by atoms with van der Waals surface area (Å²) in [5.41, 5.74) is 1.17.